The molecule has 0 fully saturated rings. The second-order valence-electron chi connectivity index (χ2n) is 4.91. The van der Waals surface area contributed by atoms with E-state index in [0.29, 0.717) is 0 Å². The molecule has 2 rings (SSSR count). The van der Waals surface area contributed by atoms with Gasteiger partial charge >= 0.3 is 11.9 Å². The van der Waals surface area contributed by atoms with Gasteiger partial charge in [-0.3, -0.25) is 4.90 Å². The van der Waals surface area contributed by atoms with E-state index in [1.165, 1.54) is 25.1 Å². The topological polar surface area (TPSA) is 81.1 Å². The molecule has 0 unspecified atom stereocenters. The Morgan fingerprint density at radius 3 is 1.95 bits per heavy atom. The van der Waals surface area contributed by atoms with E-state index in [0.717, 1.165) is 13.2 Å². The number of hydrogen-bond donors (Lipinski definition) is 2. The van der Waals surface area contributed by atoms with Gasteiger partial charge in [0.1, 0.15) is 0 Å². The van der Waals surface area contributed by atoms with Crippen LogP contribution in [0.1, 0.15) is 26.3 Å². The molecule has 0 bridgehead atoms. The first-order valence-corrected chi connectivity index (χ1v) is 6.44. The summed E-state index contributed by atoms with van der Waals surface area (Å²) < 4.78 is 0. The SMILES string of the molecule is CN1C=CCN(C)C1.Cc1c(C(=O)O)cccc1C(=O)O. The molecule has 6 heteroatoms. The van der Waals surface area contributed by atoms with Crippen LogP contribution in [0.25, 0.3) is 0 Å². The molecule has 1 aliphatic heterocycles. The maximum atomic E-state index is 10.6. The molecular weight excluding hydrogens is 272 g/mol. The molecule has 0 spiro atoms. The van der Waals surface area contributed by atoms with Crippen molar-refractivity contribution < 1.29 is 19.8 Å². The first-order valence-electron chi connectivity index (χ1n) is 6.44. The van der Waals surface area contributed by atoms with Crippen LogP contribution in [0, 0.1) is 6.92 Å². The number of carboxylic acids is 2. The Bertz CT molecular complexity index is 522. The van der Waals surface area contributed by atoms with E-state index in [1.807, 2.05) is 0 Å². The van der Waals surface area contributed by atoms with Gasteiger partial charge in [-0.05, 0) is 37.9 Å². The van der Waals surface area contributed by atoms with E-state index in [2.05, 4.69) is 36.2 Å². The smallest absolute Gasteiger partial charge is 0.335 e. The highest BCUT2D eigenvalue weighted by molar-refractivity contribution is 5.96. The van der Waals surface area contributed by atoms with Gasteiger partial charge in [0, 0.05) is 13.6 Å². The van der Waals surface area contributed by atoms with Gasteiger partial charge in [-0.1, -0.05) is 12.1 Å². The average Bonchev–Trinajstić information content (AvgIpc) is 2.38. The van der Waals surface area contributed by atoms with Gasteiger partial charge in [0.15, 0.2) is 0 Å². The van der Waals surface area contributed by atoms with Gasteiger partial charge in [-0.15, -0.1) is 0 Å². The third-order valence-electron chi connectivity index (χ3n) is 3.04. The largest absolute Gasteiger partial charge is 0.478 e. The summed E-state index contributed by atoms with van der Waals surface area (Å²) in [5.74, 6) is -2.22. The van der Waals surface area contributed by atoms with Crippen LogP contribution in [0.15, 0.2) is 30.5 Å². The summed E-state index contributed by atoms with van der Waals surface area (Å²) in [4.78, 5) is 25.6. The Labute approximate surface area is 123 Å². The number of nitrogens with zero attached hydrogens (tertiary/aromatic N) is 2. The Kier molecular flexibility index (Phi) is 5.92. The Morgan fingerprint density at radius 2 is 1.62 bits per heavy atom. The standard InChI is InChI=1S/C9H8O4.C6H12N2/c1-5-6(8(10)11)3-2-4-7(5)9(12)13;1-7-4-3-5-8(2)6-7/h2-4H,1H3,(H,10,11)(H,12,13);3-4H,5-6H2,1-2H3. The van der Waals surface area contributed by atoms with Crippen molar-refractivity contribution in [3.63, 3.8) is 0 Å². The highest BCUT2D eigenvalue weighted by Gasteiger charge is 2.13. The maximum absolute atomic E-state index is 10.6. The second kappa shape index (κ2) is 7.44. The molecule has 0 aliphatic carbocycles. The number of benzene rings is 1. The second-order valence-corrected chi connectivity index (χ2v) is 4.91. The van der Waals surface area contributed by atoms with Crippen molar-refractivity contribution in [2.45, 2.75) is 6.92 Å². The van der Waals surface area contributed by atoms with E-state index < -0.39 is 11.9 Å². The average molecular weight is 292 g/mol. The van der Waals surface area contributed by atoms with Crippen LogP contribution in [0.2, 0.25) is 0 Å². The Balaban J connectivity index is 0.000000235. The lowest BCUT2D eigenvalue weighted by molar-refractivity contribution is 0.0696. The minimum Gasteiger partial charge on any atom is -0.478 e. The first-order chi connectivity index (χ1) is 9.82. The fourth-order valence-corrected chi connectivity index (χ4v) is 1.99. The van der Waals surface area contributed by atoms with Crippen molar-refractivity contribution in [1.82, 2.24) is 9.80 Å². The van der Waals surface area contributed by atoms with Crippen molar-refractivity contribution in [3.8, 4) is 0 Å². The molecule has 0 amide bonds. The molecule has 2 N–H and O–H groups in total. The van der Waals surface area contributed by atoms with E-state index in [4.69, 9.17) is 10.2 Å². The van der Waals surface area contributed by atoms with Crippen LogP contribution in [-0.4, -0.2) is 59.3 Å². The maximum Gasteiger partial charge on any atom is 0.335 e. The molecule has 6 nitrogen and oxygen atoms in total. The summed E-state index contributed by atoms with van der Waals surface area (Å²) in [6.07, 6.45) is 4.27. The zero-order valence-electron chi connectivity index (χ0n) is 12.4. The van der Waals surface area contributed by atoms with Gasteiger partial charge in [0.2, 0.25) is 0 Å². The molecule has 1 aliphatic rings. The number of carboxylic acid groups (broad SMARTS) is 2. The summed E-state index contributed by atoms with van der Waals surface area (Å²) in [6, 6.07) is 4.17. The van der Waals surface area contributed by atoms with Gasteiger partial charge < -0.3 is 15.1 Å². The number of aromatic carboxylic acids is 2. The predicted octanol–water partition coefficient (Wildman–Crippen LogP) is 1.73. The van der Waals surface area contributed by atoms with Crippen LogP contribution in [0.4, 0.5) is 0 Å². The summed E-state index contributed by atoms with van der Waals surface area (Å²) in [6.45, 7) is 3.62. The monoisotopic (exact) mass is 292 g/mol. The van der Waals surface area contributed by atoms with Crippen molar-refractivity contribution in [1.29, 1.82) is 0 Å². The molecule has 1 heterocycles. The van der Waals surface area contributed by atoms with Gasteiger partial charge in [-0.25, -0.2) is 9.59 Å². The third kappa shape index (κ3) is 4.92. The summed E-state index contributed by atoms with van der Waals surface area (Å²) in [7, 11) is 4.19. The van der Waals surface area contributed by atoms with Crippen molar-refractivity contribution in [3.05, 3.63) is 47.2 Å². The summed E-state index contributed by atoms with van der Waals surface area (Å²) in [5.41, 5.74) is 0.335. The molecule has 21 heavy (non-hydrogen) atoms. The fourth-order valence-electron chi connectivity index (χ4n) is 1.99. The van der Waals surface area contributed by atoms with E-state index in [-0.39, 0.29) is 16.7 Å². The minimum absolute atomic E-state index is 0.0277. The van der Waals surface area contributed by atoms with Crippen LogP contribution in [-0.2, 0) is 0 Å². The number of carbonyl (C=O) groups is 2. The third-order valence-corrected chi connectivity index (χ3v) is 3.04. The van der Waals surface area contributed by atoms with Gasteiger partial charge in [0.05, 0.1) is 17.8 Å². The summed E-state index contributed by atoms with van der Waals surface area (Å²) >= 11 is 0. The zero-order chi connectivity index (χ0) is 16.0. The summed E-state index contributed by atoms with van der Waals surface area (Å²) in [5, 5.41) is 17.4. The Morgan fingerprint density at radius 1 is 1.10 bits per heavy atom. The highest BCUT2D eigenvalue weighted by atomic mass is 16.4. The molecule has 0 saturated heterocycles. The van der Waals surface area contributed by atoms with Crippen molar-refractivity contribution in [2.75, 3.05) is 27.3 Å². The molecule has 114 valence electrons. The zero-order valence-corrected chi connectivity index (χ0v) is 12.4. The van der Waals surface area contributed by atoms with Gasteiger partial charge in [-0.2, -0.15) is 0 Å². The number of hydrogen-bond acceptors (Lipinski definition) is 4. The van der Waals surface area contributed by atoms with E-state index in [1.54, 1.807) is 0 Å². The lowest BCUT2D eigenvalue weighted by Crippen LogP contribution is -2.33. The van der Waals surface area contributed by atoms with Crippen LogP contribution < -0.4 is 0 Å². The fraction of sp³-hybridized carbons (Fsp3) is 0.333. The minimum atomic E-state index is -1.11. The highest BCUT2D eigenvalue weighted by Crippen LogP contribution is 2.13. The van der Waals surface area contributed by atoms with E-state index >= 15 is 0 Å². The quantitative estimate of drug-likeness (QED) is 0.864. The lowest BCUT2D eigenvalue weighted by Gasteiger charge is -2.25. The lowest BCUT2D eigenvalue weighted by atomic mass is 10.0. The Hall–Kier alpha value is -2.34. The molecular formula is C15H20N2O4. The van der Waals surface area contributed by atoms with Crippen molar-refractivity contribution >= 4 is 11.9 Å². The molecule has 0 aromatic heterocycles. The van der Waals surface area contributed by atoms with Gasteiger partial charge in [0.25, 0.3) is 0 Å². The number of rotatable bonds is 2. The van der Waals surface area contributed by atoms with Crippen LogP contribution >= 0.6 is 0 Å². The van der Waals surface area contributed by atoms with Crippen molar-refractivity contribution in [2.24, 2.45) is 0 Å². The molecule has 1 aromatic rings. The van der Waals surface area contributed by atoms with Crippen LogP contribution in [0.3, 0.4) is 0 Å². The van der Waals surface area contributed by atoms with Crippen LogP contribution in [0.5, 0.6) is 0 Å². The molecule has 0 atom stereocenters. The first kappa shape index (κ1) is 16.7. The number of likely N-dealkylation sites (N-methyl/N-ethyl adjacent to an activating group) is 1. The molecule has 1 aromatic carbocycles. The molecule has 0 radical (unpaired) electrons. The predicted molar refractivity (Wildman–Crippen MR) is 79.5 cm³/mol. The molecule has 0 saturated carbocycles. The van der Waals surface area contributed by atoms with E-state index in [9.17, 15) is 9.59 Å². The normalized spacial score (nSPS) is 14.3.